The molecule has 0 fully saturated rings. The second-order valence-corrected chi connectivity index (χ2v) is 6.82. The number of carbonyl (C=O) groups excluding carboxylic acids is 2. The molecule has 26 heavy (non-hydrogen) atoms. The zero-order chi connectivity index (χ0) is 19.1. The van der Waals surface area contributed by atoms with Crippen LogP contribution in [0.3, 0.4) is 0 Å². The first-order valence-electron chi connectivity index (χ1n) is 8.50. The van der Waals surface area contributed by atoms with Crippen molar-refractivity contribution in [3.05, 3.63) is 64.1 Å². The van der Waals surface area contributed by atoms with Gasteiger partial charge in [0.2, 0.25) is 5.91 Å². The molecule has 2 rings (SSSR count). The lowest BCUT2D eigenvalue weighted by molar-refractivity contribution is -0.135. The van der Waals surface area contributed by atoms with Gasteiger partial charge < -0.3 is 15.4 Å². The maximum atomic E-state index is 12.7. The highest BCUT2D eigenvalue weighted by Crippen LogP contribution is 2.28. The van der Waals surface area contributed by atoms with E-state index in [4.69, 9.17) is 10.5 Å². The zero-order valence-electron chi connectivity index (χ0n) is 14.9. The molecule has 0 bridgehead atoms. The molecule has 0 saturated carbocycles. The summed E-state index contributed by atoms with van der Waals surface area (Å²) in [4.78, 5) is 25.8. The summed E-state index contributed by atoms with van der Waals surface area (Å²) in [5.41, 5.74) is 6.67. The number of benzene rings is 2. The van der Waals surface area contributed by atoms with Crippen LogP contribution in [-0.4, -0.2) is 29.9 Å². The van der Waals surface area contributed by atoms with Gasteiger partial charge in [-0.25, -0.2) is 0 Å². The average molecular weight is 419 g/mol. The number of amides is 2. The van der Waals surface area contributed by atoms with E-state index in [9.17, 15) is 9.59 Å². The van der Waals surface area contributed by atoms with Gasteiger partial charge in [-0.05, 0) is 43.2 Å². The largest absolute Gasteiger partial charge is 0.484 e. The smallest absolute Gasteiger partial charge is 0.261 e. The van der Waals surface area contributed by atoms with Gasteiger partial charge in [-0.2, -0.15) is 0 Å². The molecule has 0 spiro atoms. The van der Waals surface area contributed by atoms with Crippen molar-refractivity contribution in [2.45, 2.75) is 26.3 Å². The van der Waals surface area contributed by atoms with Gasteiger partial charge in [0, 0.05) is 16.6 Å². The van der Waals surface area contributed by atoms with Crippen molar-refractivity contribution in [2.24, 2.45) is 5.73 Å². The minimum atomic E-state index is -0.531. The van der Waals surface area contributed by atoms with Crippen LogP contribution >= 0.6 is 15.9 Å². The molecule has 0 aromatic heterocycles. The predicted octanol–water partition coefficient (Wildman–Crippen LogP) is 3.93. The summed E-state index contributed by atoms with van der Waals surface area (Å²) >= 11 is 3.55. The molecule has 2 aromatic carbocycles. The van der Waals surface area contributed by atoms with Crippen molar-refractivity contribution in [2.75, 3.05) is 13.2 Å². The van der Waals surface area contributed by atoms with Crippen molar-refractivity contribution in [1.29, 1.82) is 0 Å². The van der Waals surface area contributed by atoms with E-state index in [0.717, 1.165) is 16.5 Å². The lowest BCUT2D eigenvalue weighted by atomic mass is 10.1. The maximum absolute atomic E-state index is 12.7. The van der Waals surface area contributed by atoms with Gasteiger partial charge in [-0.3, -0.25) is 9.59 Å². The molecule has 0 aliphatic rings. The molecule has 1 unspecified atom stereocenters. The monoisotopic (exact) mass is 418 g/mol. The number of primary amides is 1. The minimum Gasteiger partial charge on any atom is -0.484 e. The molecule has 0 saturated heterocycles. The lowest BCUT2D eigenvalue weighted by Gasteiger charge is -2.30. The Morgan fingerprint density at radius 3 is 2.58 bits per heavy atom. The van der Waals surface area contributed by atoms with Gasteiger partial charge >= 0.3 is 0 Å². The van der Waals surface area contributed by atoms with Gasteiger partial charge in [0.1, 0.15) is 5.75 Å². The average Bonchev–Trinajstić information content (AvgIpc) is 2.64. The molecule has 2 N–H and O–H groups in total. The SMILES string of the molecule is CCCN(C(=O)COc1cccc(C(N)=O)c1)C(C)c1ccccc1Br. The van der Waals surface area contributed by atoms with Crippen molar-refractivity contribution in [3.8, 4) is 5.75 Å². The summed E-state index contributed by atoms with van der Waals surface area (Å²) in [5, 5.41) is 0. The van der Waals surface area contributed by atoms with Gasteiger partial charge in [0.25, 0.3) is 5.91 Å². The van der Waals surface area contributed by atoms with Crippen molar-refractivity contribution < 1.29 is 14.3 Å². The fourth-order valence-electron chi connectivity index (χ4n) is 2.72. The molecular formula is C20H23BrN2O3. The number of halogens is 1. The highest BCUT2D eigenvalue weighted by atomic mass is 79.9. The molecule has 0 aliphatic carbocycles. The molecule has 0 aliphatic heterocycles. The van der Waals surface area contributed by atoms with E-state index < -0.39 is 5.91 Å². The molecule has 138 valence electrons. The van der Waals surface area contributed by atoms with E-state index in [1.54, 1.807) is 23.1 Å². The first kappa shape index (κ1) is 20.0. The van der Waals surface area contributed by atoms with Gasteiger partial charge in [0.05, 0.1) is 6.04 Å². The Hall–Kier alpha value is -2.34. The predicted molar refractivity (Wildman–Crippen MR) is 105 cm³/mol. The number of nitrogens with zero attached hydrogens (tertiary/aromatic N) is 1. The van der Waals surface area contributed by atoms with E-state index in [0.29, 0.717) is 17.9 Å². The third kappa shape index (κ3) is 5.08. The first-order valence-corrected chi connectivity index (χ1v) is 9.30. The van der Waals surface area contributed by atoms with Gasteiger partial charge in [0.15, 0.2) is 6.61 Å². The Morgan fingerprint density at radius 1 is 1.19 bits per heavy atom. The standard InChI is InChI=1S/C20H23BrN2O3/c1-3-11-23(14(2)17-9-4-5-10-18(17)21)19(24)13-26-16-8-6-7-15(12-16)20(22)25/h4-10,12,14H,3,11,13H2,1-2H3,(H2,22,25). The summed E-state index contributed by atoms with van der Waals surface area (Å²) in [6, 6.07) is 14.3. The number of hydrogen-bond acceptors (Lipinski definition) is 3. The second kappa shape index (κ2) is 9.38. The lowest BCUT2D eigenvalue weighted by Crippen LogP contribution is -2.37. The molecule has 0 radical (unpaired) electrons. The highest BCUT2D eigenvalue weighted by Gasteiger charge is 2.22. The van der Waals surface area contributed by atoms with Crippen LogP contribution in [0.25, 0.3) is 0 Å². The maximum Gasteiger partial charge on any atom is 0.261 e. The van der Waals surface area contributed by atoms with Crippen LogP contribution in [0.5, 0.6) is 5.75 Å². The summed E-state index contributed by atoms with van der Waals surface area (Å²) in [5.74, 6) is -0.198. The highest BCUT2D eigenvalue weighted by molar-refractivity contribution is 9.10. The number of nitrogens with two attached hydrogens (primary N) is 1. The molecule has 0 heterocycles. The Kier molecular flexibility index (Phi) is 7.21. The van der Waals surface area contributed by atoms with E-state index in [2.05, 4.69) is 15.9 Å². The molecule has 1 atom stereocenters. The Labute approximate surface area is 162 Å². The van der Waals surface area contributed by atoms with Crippen LogP contribution in [-0.2, 0) is 4.79 Å². The Bertz CT molecular complexity index is 779. The Morgan fingerprint density at radius 2 is 1.92 bits per heavy atom. The fraction of sp³-hybridized carbons (Fsp3) is 0.300. The first-order chi connectivity index (χ1) is 12.4. The molecule has 2 aromatic rings. The molecular weight excluding hydrogens is 396 g/mol. The van der Waals surface area contributed by atoms with E-state index in [1.165, 1.54) is 6.07 Å². The van der Waals surface area contributed by atoms with Crippen LogP contribution in [0.1, 0.15) is 42.2 Å². The van der Waals surface area contributed by atoms with Crippen LogP contribution in [0.15, 0.2) is 53.0 Å². The fourth-order valence-corrected chi connectivity index (χ4v) is 3.34. The summed E-state index contributed by atoms with van der Waals surface area (Å²) in [6.45, 7) is 4.56. The zero-order valence-corrected chi connectivity index (χ0v) is 16.5. The van der Waals surface area contributed by atoms with Crippen LogP contribution in [0.4, 0.5) is 0 Å². The van der Waals surface area contributed by atoms with Crippen LogP contribution < -0.4 is 10.5 Å². The van der Waals surface area contributed by atoms with Crippen molar-refractivity contribution in [3.63, 3.8) is 0 Å². The topological polar surface area (TPSA) is 72.6 Å². The van der Waals surface area contributed by atoms with Crippen molar-refractivity contribution in [1.82, 2.24) is 4.90 Å². The van der Waals surface area contributed by atoms with Gasteiger partial charge in [-0.1, -0.05) is 47.1 Å². The van der Waals surface area contributed by atoms with Crippen LogP contribution in [0.2, 0.25) is 0 Å². The summed E-state index contributed by atoms with van der Waals surface area (Å²) in [6.07, 6.45) is 0.845. The minimum absolute atomic E-state index is 0.0846. The summed E-state index contributed by atoms with van der Waals surface area (Å²) in [7, 11) is 0. The number of hydrogen-bond donors (Lipinski definition) is 1. The quantitative estimate of drug-likeness (QED) is 0.705. The van der Waals surface area contributed by atoms with E-state index in [-0.39, 0.29) is 18.6 Å². The second-order valence-electron chi connectivity index (χ2n) is 5.97. The normalized spacial score (nSPS) is 11.7. The molecule has 6 heteroatoms. The van der Waals surface area contributed by atoms with E-state index >= 15 is 0 Å². The third-order valence-electron chi connectivity index (χ3n) is 4.09. The van der Waals surface area contributed by atoms with Gasteiger partial charge in [-0.15, -0.1) is 0 Å². The third-order valence-corrected chi connectivity index (χ3v) is 4.81. The van der Waals surface area contributed by atoms with E-state index in [1.807, 2.05) is 38.1 Å². The molecule has 5 nitrogen and oxygen atoms in total. The number of rotatable bonds is 8. The number of carbonyl (C=O) groups is 2. The summed E-state index contributed by atoms with van der Waals surface area (Å²) < 4.78 is 6.56. The Balaban J connectivity index is 2.10. The van der Waals surface area contributed by atoms with Crippen molar-refractivity contribution >= 4 is 27.7 Å². The molecule has 2 amide bonds. The van der Waals surface area contributed by atoms with Crippen LogP contribution in [0, 0.1) is 0 Å². The number of ether oxygens (including phenoxy) is 1.